The quantitative estimate of drug-likeness (QED) is 0.686. The fourth-order valence-electron chi connectivity index (χ4n) is 0.780. The summed E-state index contributed by atoms with van der Waals surface area (Å²) in [5.41, 5.74) is 4.50. The lowest BCUT2D eigenvalue weighted by Crippen LogP contribution is -2.00. The molecule has 0 saturated carbocycles. The summed E-state index contributed by atoms with van der Waals surface area (Å²) in [6.07, 6.45) is -2.43. The number of pyridine rings is 1. The highest BCUT2D eigenvalue weighted by atomic mass is 19.3. The largest absolute Gasteiger partial charge is 0.384 e. The second kappa shape index (κ2) is 3.25. The Morgan fingerprint density at radius 2 is 2.17 bits per heavy atom. The molecule has 0 aliphatic carbocycles. The van der Waals surface area contributed by atoms with Gasteiger partial charge in [0.15, 0.2) is 6.29 Å². The number of aldehydes is 1. The van der Waals surface area contributed by atoms with E-state index in [1.54, 1.807) is 0 Å². The SMILES string of the molecule is Nc1ccc(C(F)F)c(C=O)n1. The Hall–Kier alpha value is -1.52. The summed E-state index contributed by atoms with van der Waals surface area (Å²) in [5.74, 6) is 0.0569. The lowest BCUT2D eigenvalue weighted by molar-refractivity contribution is 0.110. The minimum Gasteiger partial charge on any atom is -0.384 e. The minimum atomic E-state index is -2.70. The number of rotatable bonds is 2. The molecule has 5 heteroatoms. The van der Waals surface area contributed by atoms with Crippen LogP contribution in [-0.4, -0.2) is 11.3 Å². The van der Waals surface area contributed by atoms with E-state index in [9.17, 15) is 13.6 Å². The van der Waals surface area contributed by atoms with Crippen LogP contribution in [0.2, 0.25) is 0 Å². The molecule has 64 valence electrons. The van der Waals surface area contributed by atoms with E-state index in [1.165, 1.54) is 6.07 Å². The molecular formula is C7H6F2N2O. The molecule has 0 aromatic carbocycles. The van der Waals surface area contributed by atoms with Crippen LogP contribution in [0.25, 0.3) is 0 Å². The number of carbonyl (C=O) groups excluding carboxylic acids is 1. The number of hydrogen-bond acceptors (Lipinski definition) is 3. The predicted octanol–water partition coefficient (Wildman–Crippen LogP) is 1.41. The number of nitrogens with two attached hydrogens (primary N) is 1. The Balaban J connectivity index is 3.20. The Morgan fingerprint density at radius 1 is 1.50 bits per heavy atom. The molecule has 0 saturated heterocycles. The molecule has 12 heavy (non-hydrogen) atoms. The van der Waals surface area contributed by atoms with Crippen molar-refractivity contribution < 1.29 is 13.6 Å². The van der Waals surface area contributed by atoms with Crippen molar-refractivity contribution in [3.8, 4) is 0 Å². The van der Waals surface area contributed by atoms with Crippen molar-refractivity contribution in [1.29, 1.82) is 0 Å². The fourth-order valence-corrected chi connectivity index (χ4v) is 0.780. The summed E-state index contributed by atoms with van der Waals surface area (Å²) in [4.78, 5) is 13.7. The van der Waals surface area contributed by atoms with Gasteiger partial charge in [0.05, 0.1) is 0 Å². The van der Waals surface area contributed by atoms with Crippen LogP contribution in [-0.2, 0) is 0 Å². The molecule has 1 aromatic rings. The highest BCUT2D eigenvalue weighted by molar-refractivity contribution is 5.75. The molecule has 1 rings (SSSR count). The van der Waals surface area contributed by atoms with Crippen LogP contribution >= 0.6 is 0 Å². The van der Waals surface area contributed by atoms with Crippen molar-refractivity contribution in [2.75, 3.05) is 5.73 Å². The maximum Gasteiger partial charge on any atom is 0.266 e. The number of alkyl halides is 2. The first-order chi connectivity index (χ1) is 5.65. The molecule has 0 aliphatic rings. The maximum atomic E-state index is 12.1. The average Bonchev–Trinajstić information content (AvgIpc) is 2.03. The summed E-state index contributed by atoms with van der Waals surface area (Å²) < 4.78 is 24.2. The van der Waals surface area contributed by atoms with Gasteiger partial charge < -0.3 is 5.73 Å². The second-order valence-corrected chi connectivity index (χ2v) is 2.13. The first kappa shape index (κ1) is 8.58. The number of nitrogen functional groups attached to an aromatic ring is 1. The van der Waals surface area contributed by atoms with Crippen molar-refractivity contribution in [1.82, 2.24) is 4.98 Å². The second-order valence-electron chi connectivity index (χ2n) is 2.13. The van der Waals surface area contributed by atoms with Crippen LogP contribution in [0.3, 0.4) is 0 Å². The lowest BCUT2D eigenvalue weighted by atomic mass is 10.2. The number of halogens is 2. The van der Waals surface area contributed by atoms with Crippen LogP contribution in [0.4, 0.5) is 14.6 Å². The molecule has 0 radical (unpaired) electrons. The summed E-state index contributed by atoms with van der Waals surface area (Å²) >= 11 is 0. The highest BCUT2D eigenvalue weighted by Crippen LogP contribution is 2.21. The molecule has 1 aromatic heterocycles. The number of carbonyl (C=O) groups is 1. The van der Waals surface area contributed by atoms with E-state index >= 15 is 0 Å². The number of aromatic nitrogens is 1. The summed E-state index contributed by atoms with van der Waals surface area (Å²) in [7, 11) is 0. The number of hydrogen-bond donors (Lipinski definition) is 1. The van der Waals surface area contributed by atoms with E-state index in [-0.39, 0.29) is 23.4 Å². The van der Waals surface area contributed by atoms with Crippen molar-refractivity contribution in [3.63, 3.8) is 0 Å². The van der Waals surface area contributed by atoms with Crippen LogP contribution in [0, 0.1) is 0 Å². The van der Waals surface area contributed by atoms with E-state index in [2.05, 4.69) is 4.98 Å². The standard InChI is InChI=1S/C7H6F2N2O/c8-7(9)4-1-2-6(10)11-5(4)3-12/h1-3,7H,(H2,10,11). The Labute approximate surface area is 67.2 Å². The van der Waals surface area contributed by atoms with Crippen LogP contribution < -0.4 is 5.73 Å². The van der Waals surface area contributed by atoms with Crippen LogP contribution in [0.15, 0.2) is 12.1 Å². The van der Waals surface area contributed by atoms with Crippen molar-refractivity contribution in [2.45, 2.75) is 6.43 Å². The fraction of sp³-hybridized carbons (Fsp3) is 0.143. The Morgan fingerprint density at radius 3 is 2.67 bits per heavy atom. The van der Waals surface area contributed by atoms with Crippen molar-refractivity contribution >= 4 is 12.1 Å². The lowest BCUT2D eigenvalue weighted by Gasteiger charge is -2.02. The summed E-state index contributed by atoms with van der Waals surface area (Å²) in [6.45, 7) is 0. The van der Waals surface area contributed by atoms with Gasteiger partial charge in [0.2, 0.25) is 0 Å². The van der Waals surface area contributed by atoms with E-state index in [1.807, 2.05) is 0 Å². The molecule has 0 aliphatic heterocycles. The van der Waals surface area contributed by atoms with E-state index in [0.717, 1.165) is 6.07 Å². The zero-order chi connectivity index (χ0) is 9.14. The van der Waals surface area contributed by atoms with Crippen molar-refractivity contribution in [2.24, 2.45) is 0 Å². The molecule has 0 amide bonds. The minimum absolute atomic E-state index is 0.0569. The highest BCUT2D eigenvalue weighted by Gasteiger charge is 2.13. The Kier molecular flexibility index (Phi) is 2.32. The van der Waals surface area contributed by atoms with Gasteiger partial charge in [-0.1, -0.05) is 0 Å². The van der Waals surface area contributed by atoms with Crippen LogP contribution in [0.5, 0.6) is 0 Å². The van der Waals surface area contributed by atoms with Crippen LogP contribution in [0.1, 0.15) is 22.5 Å². The summed E-state index contributed by atoms with van der Waals surface area (Å²) in [6, 6.07) is 2.32. The predicted molar refractivity (Wildman–Crippen MR) is 39.0 cm³/mol. The molecule has 0 unspecified atom stereocenters. The zero-order valence-electron chi connectivity index (χ0n) is 6.00. The van der Waals surface area contributed by atoms with E-state index in [4.69, 9.17) is 5.73 Å². The molecule has 0 atom stereocenters. The maximum absolute atomic E-state index is 12.1. The number of nitrogens with zero attached hydrogens (tertiary/aromatic N) is 1. The van der Waals surface area contributed by atoms with Gasteiger partial charge in [-0.15, -0.1) is 0 Å². The third-order valence-corrected chi connectivity index (χ3v) is 1.33. The van der Waals surface area contributed by atoms with Gasteiger partial charge in [-0.05, 0) is 12.1 Å². The third kappa shape index (κ3) is 1.55. The number of anilines is 1. The Bertz CT molecular complexity index is 301. The molecule has 2 N–H and O–H groups in total. The van der Waals surface area contributed by atoms with E-state index in [0.29, 0.717) is 0 Å². The molecular weight excluding hydrogens is 166 g/mol. The van der Waals surface area contributed by atoms with Gasteiger partial charge in [-0.2, -0.15) is 0 Å². The monoisotopic (exact) mass is 172 g/mol. The molecule has 3 nitrogen and oxygen atoms in total. The third-order valence-electron chi connectivity index (χ3n) is 1.33. The molecule has 0 bridgehead atoms. The van der Waals surface area contributed by atoms with Gasteiger partial charge in [-0.25, -0.2) is 13.8 Å². The molecule has 1 heterocycles. The zero-order valence-corrected chi connectivity index (χ0v) is 6.00. The van der Waals surface area contributed by atoms with Gasteiger partial charge in [-0.3, -0.25) is 4.79 Å². The van der Waals surface area contributed by atoms with Gasteiger partial charge in [0, 0.05) is 5.56 Å². The normalized spacial score (nSPS) is 10.2. The smallest absolute Gasteiger partial charge is 0.266 e. The van der Waals surface area contributed by atoms with Gasteiger partial charge >= 0.3 is 0 Å². The van der Waals surface area contributed by atoms with Crippen molar-refractivity contribution in [3.05, 3.63) is 23.4 Å². The first-order valence-electron chi connectivity index (χ1n) is 3.15. The molecule has 0 fully saturated rings. The van der Waals surface area contributed by atoms with Gasteiger partial charge in [0.1, 0.15) is 11.5 Å². The van der Waals surface area contributed by atoms with Gasteiger partial charge in [0.25, 0.3) is 6.43 Å². The topological polar surface area (TPSA) is 56.0 Å². The van der Waals surface area contributed by atoms with E-state index < -0.39 is 6.43 Å². The first-order valence-corrected chi connectivity index (χ1v) is 3.15. The summed E-state index contributed by atoms with van der Waals surface area (Å²) in [5, 5.41) is 0. The average molecular weight is 172 g/mol. The molecule has 0 spiro atoms.